The van der Waals surface area contributed by atoms with E-state index in [-0.39, 0.29) is 18.2 Å². The normalized spacial score (nSPS) is 14.7. The van der Waals surface area contributed by atoms with E-state index in [4.69, 9.17) is 33.3 Å². The second-order valence-corrected chi connectivity index (χ2v) is 13.7. The number of aromatic nitrogens is 4. The van der Waals surface area contributed by atoms with Crippen molar-refractivity contribution in [2.24, 2.45) is 14.1 Å². The number of nitrogens with one attached hydrogen (secondary N) is 2. The highest BCUT2D eigenvalue weighted by atomic mass is 35.5. The molecule has 50 heavy (non-hydrogen) atoms. The van der Waals surface area contributed by atoms with Crippen molar-refractivity contribution in [1.29, 1.82) is 0 Å². The Labute approximate surface area is 301 Å². The van der Waals surface area contributed by atoms with Gasteiger partial charge in [-0.1, -0.05) is 60.8 Å². The van der Waals surface area contributed by atoms with Crippen LogP contribution in [0.25, 0.3) is 11.1 Å². The SMILES string of the molecule is CCCCN1CCc2c(nc(C(=O)Nc3cccc(-c4cccc(NC(=O)c5nc6c(n5C)CCN(CCCC(=O)O)C6)c4Cl)c3Cl)n2C)C1. The van der Waals surface area contributed by atoms with Crippen molar-refractivity contribution in [3.63, 3.8) is 0 Å². The Morgan fingerprint density at radius 1 is 0.760 bits per heavy atom. The summed E-state index contributed by atoms with van der Waals surface area (Å²) in [5.74, 6) is -0.975. The van der Waals surface area contributed by atoms with Crippen LogP contribution in [0.5, 0.6) is 0 Å². The fourth-order valence-corrected chi connectivity index (χ4v) is 7.37. The van der Waals surface area contributed by atoms with Gasteiger partial charge in [-0.3, -0.25) is 24.2 Å². The molecule has 2 aliphatic rings. The first kappa shape index (κ1) is 35.6. The Balaban J connectivity index is 1.17. The molecule has 12 nitrogen and oxygen atoms in total. The van der Waals surface area contributed by atoms with E-state index in [0.717, 1.165) is 68.2 Å². The number of benzene rings is 2. The summed E-state index contributed by atoms with van der Waals surface area (Å²) in [6, 6.07) is 10.6. The van der Waals surface area contributed by atoms with Crippen LogP contribution >= 0.6 is 23.2 Å². The van der Waals surface area contributed by atoms with Gasteiger partial charge in [-0.15, -0.1) is 0 Å². The predicted molar refractivity (Wildman–Crippen MR) is 194 cm³/mol. The van der Waals surface area contributed by atoms with Gasteiger partial charge < -0.3 is 24.9 Å². The zero-order valence-electron chi connectivity index (χ0n) is 28.6. The summed E-state index contributed by atoms with van der Waals surface area (Å²) in [6.45, 7) is 6.86. The maximum absolute atomic E-state index is 13.5. The Kier molecular flexibility index (Phi) is 10.9. The molecule has 0 spiro atoms. The third kappa shape index (κ3) is 7.44. The third-order valence-electron chi connectivity index (χ3n) is 9.55. The summed E-state index contributed by atoms with van der Waals surface area (Å²) < 4.78 is 3.68. The molecule has 0 bridgehead atoms. The molecule has 264 valence electrons. The average Bonchev–Trinajstić information content (AvgIpc) is 3.61. The number of halogens is 2. The van der Waals surface area contributed by atoms with Crippen molar-refractivity contribution in [2.75, 3.05) is 36.8 Å². The summed E-state index contributed by atoms with van der Waals surface area (Å²) in [7, 11) is 3.70. The van der Waals surface area contributed by atoms with Crippen molar-refractivity contribution in [3.8, 4) is 11.1 Å². The quantitative estimate of drug-likeness (QED) is 0.162. The predicted octanol–water partition coefficient (Wildman–Crippen LogP) is 6.01. The van der Waals surface area contributed by atoms with Gasteiger partial charge in [-0.2, -0.15) is 0 Å². The number of hydrogen-bond acceptors (Lipinski definition) is 7. The molecule has 0 fully saturated rings. The zero-order valence-corrected chi connectivity index (χ0v) is 30.1. The lowest BCUT2D eigenvalue weighted by Gasteiger charge is -2.26. The van der Waals surface area contributed by atoms with Crippen LogP contribution in [0.3, 0.4) is 0 Å². The van der Waals surface area contributed by atoms with Gasteiger partial charge in [0.15, 0.2) is 11.6 Å². The topological polar surface area (TPSA) is 138 Å². The minimum Gasteiger partial charge on any atom is -0.481 e. The van der Waals surface area contributed by atoms with Crippen LogP contribution < -0.4 is 10.6 Å². The highest BCUT2D eigenvalue weighted by Crippen LogP contribution is 2.40. The Hall–Kier alpha value is -4.23. The van der Waals surface area contributed by atoms with Gasteiger partial charge in [0.05, 0.1) is 32.8 Å². The summed E-state index contributed by atoms with van der Waals surface area (Å²) in [5.41, 5.74) is 5.79. The van der Waals surface area contributed by atoms with Gasteiger partial charge in [0.2, 0.25) is 0 Å². The molecule has 2 amide bonds. The first-order chi connectivity index (χ1) is 24.0. The Bertz CT molecular complexity index is 1940. The lowest BCUT2D eigenvalue weighted by atomic mass is 10.0. The number of carboxylic acid groups (broad SMARTS) is 1. The molecule has 0 aliphatic carbocycles. The minimum absolute atomic E-state index is 0.119. The first-order valence-corrected chi connectivity index (χ1v) is 17.8. The molecule has 0 saturated carbocycles. The molecule has 14 heteroatoms. The molecule has 4 aromatic rings. The fourth-order valence-electron chi connectivity index (χ4n) is 6.82. The van der Waals surface area contributed by atoms with E-state index in [9.17, 15) is 14.4 Å². The van der Waals surface area contributed by atoms with Crippen LogP contribution in [0.4, 0.5) is 11.4 Å². The van der Waals surface area contributed by atoms with Crippen molar-refractivity contribution in [2.45, 2.75) is 58.5 Å². The number of aliphatic carboxylic acids is 1. The maximum Gasteiger partial charge on any atom is 0.303 e. The van der Waals surface area contributed by atoms with Crippen molar-refractivity contribution >= 4 is 52.4 Å². The van der Waals surface area contributed by atoms with Gasteiger partial charge in [0, 0.05) is 82.1 Å². The molecule has 4 heterocycles. The molecular weight excluding hydrogens is 679 g/mol. The molecule has 3 N–H and O–H groups in total. The van der Waals surface area contributed by atoms with Crippen LogP contribution in [0.1, 0.15) is 76.6 Å². The Morgan fingerprint density at radius 3 is 1.66 bits per heavy atom. The standard InChI is InChI=1S/C36H42Cl2N8O4/c1-4-5-16-45-18-14-28-26(20-45)39-33(43(28)2)35(49)41-24-11-6-9-22(31(24)37)23-10-7-12-25(32(23)38)42-36(50)34-40-27-21-46(17-8-13-30(47)48)19-15-29(27)44(34)3/h6-7,9-12H,4-5,8,13-21H2,1-3H3,(H,41,49)(H,42,50)(H,47,48). The van der Waals surface area contributed by atoms with Crippen LogP contribution in [-0.2, 0) is 44.8 Å². The number of imidazole rings is 2. The van der Waals surface area contributed by atoms with Crippen LogP contribution in [0.15, 0.2) is 36.4 Å². The largest absolute Gasteiger partial charge is 0.481 e. The molecule has 0 radical (unpaired) electrons. The number of carbonyl (C=O) groups is 3. The fraction of sp³-hybridized carbons (Fsp3) is 0.417. The summed E-state index contributed by atoms with van der Waals surface area (Å²) in [4.78, 5) is 51.8. The van der Waals surface area contributed by atoms with Gasteiger partial charge in [-0.25, -0.2) is 9.97 Å². The monoisotopic (exact) mass is 720 g/mol. The van der Waals surface area contributed by atoms with Crippen LogP contribution in [-0.4, -0.2) is 78.0 Å². The first-order valence-electron chi connectivity index (χ1n) is 17.0. The van der Waals surface area contributed by atoms with Crippen molar-refractivity contribution in [3.05, 3.63) is 80.9 Å². The van der Waals surface area contributed by atoms with Gasteiger partial charge >= 0.3 is 5.97 Å². The minimum atomic E-state index is -0.809. The van der Waals surface area contributed by atoms with E-state index in [1.807, 2.05) is 24.7 Å². The maximum atomic E-state index is 13.5. The number of unbranched alkanes of at least 4 members (excludes halogenated alkanes) is 1. The summed E-state index contributed by atoms with van der Waals surface area (Å²) in [5, 5.41) is 15.4. The molecular formula is C36H42Cl2N8O4. The molecule has 6 rings (SSSR count). The van der Waals surface area contributed by atoms with E-state index in [2.05, 4.69) is 32.3 Å². The number of anilines is 2. The highest BCUT2D eigenvalue weighted by molar-refractivity contribution is 6.40. The highest BCUT2D eigenvalue weighted by Gasteiger charge is 2.28. The van der Waals surface area contributed by atoms with E-state index in [1.165, 1.54) is 0 Å². The molecule has 2 aromatic carbocycles. The zero-order chi connectivity index (χ0) is 35.5. The summed E-state index contributed by atoms with van der Waals surface area (Å²) >= 11 is 13.8. The van der Waals surface area contributed by atoms with Gasteiger partial charge in [0.25, 0.3) is 11.8 Å². The molecule has 0 atom stereocenters. The third-order valence-corrected chi connectivity index (χ3v) is 10.4. The number of fused-ring (bicyclic) bond motifs is 2. The molecule has 0 saturated heterocycles. The summed E-state index contributed by atoms with van der Waals surface area (Å²) in [6.07, 6.45) is 4.50. The average molecular weight is 722 g/mol. The molecule has 2 aromatic heterocycles. The number of carboxylic acids is 1. The van der Waals surface area contributed by atoms with E-state index in [1.54, 1.807) is 34.9 Å². The van der Waals surface area contributed by atoms with Crippen molar-refractivity contribution in [1.82, 2.24) is 28.9 Å². The van der Waals surface area contributed by atoms with E-state index in [0.29, 0.717) is 64.3 Å². The smallest absolute Gasteiger partial charge is 0.303 e. The van der Waals surface area contributed by atoms with E-state index >= 15 is 0 Å². The number of rotatable bonds is 12. The van der Waals surface area contributed by atoms with E-state index < -0.39 is 11.9 Å². The number of amides is 2. The van der Waals surface area contributed by atoms with Crippen LogP contribution in [0, 0.1) is 0 Å². The van der Waals surface area contributed by atoms with Crippen molar-refractivity contribution < 1.29 is 19.5 Å². The second-order valence-electron chi connectivity index (χ2n) is 12.9. The Morgan fingerprint density at radius 2 is 1.22 bits per heavy atom. The van der Waals surface area contributed by atoms with Gasteiger partial charge in [0.1, 0.15) is 0 Å². The van der Waals surface area contributed by atoms with Crippen LogP contribution in [0.2, 0.25) is 10.0 Å². The second kappa shape index (κ2) is 15.3. The number of nitrogens with zero attached hydrogens (tertiary/aromatic N) is 6. The number of carbonyl (C=O) groups excluding carboxylic acids is 2. The lowest BCUT2D eigenvalue weighted by molar-refractivity contribution is -0.137. The molecule has 2 aliphatic heterocycles. The van der Waals surface area contributed by atoms with Gasteiger partial charge in [-0.05, 0) is 38.1 Å². The lowest BCUT2D eigenvalue weighted by Crippen LogP contribution is -2.32. The molecule has 0 unspecified atom stereocenters. The number of hydrogen-bond donors (Lipinski definition) is 3.